The van der Waals surface area contributed by atoms with Gasteiger partial charge in [0, 0.05) is 5.57 Å². The zero-order valence-corrected chi connectivity index (χ0v) is 10.3. The first-order valence-corrected chi connectivity index (χ1v) is 6.14. The van der Waals surface area contributed by atoms with Gasteiger partial charge in [0.25, 0.3) is 0 Å². The average molecular weight is 236 g/mol. The number of hydrogen-bond donors (Lipinski definition) is 0. The van der Waals surface area contributed by atoms with Crippen LogP contribution in [0.25, 0.3) is 0 Å². The summed E-state index contributed by atoms with van der Waals surface area (Å²) in [5.74, 6) is 0.0812. The SMILES string of the molecule is O=C(C=CC1=CCC=CC=C1)C1=CC=CC=CC1. The van der Waals surface area contributed by atoms with Crippen LogP contribution in [0.1, 0.15) is 12.8 Å². The van der Waals surface area contributed by atoms with Crippen LogP contribution in [0.2, 0.25) is 0 Å². The normalized spacial score (nSPS) is 18.4. The molecule has 0 aromatic heterocycles. The highest BCUT2D eigenvalue weighted by molar-refractivity contribution is 6.04. The van der Waals surface area contributed by atoms with Crippen molar-refractivity contribution < 1.29 is 4.79 Å². The summed E-state index contributed by atoms with van der Waals surface area (Å²) in [4.78, 5) is 12.0. The molecule has 2 rings (SSSR count). The predicted octanol–water partition coefficient (Wildman–Crippen LogP) is 4.00. The minimum absolute atomic E-state index is 0.0812. The molecule has 0 amide bonds. The number of hydrogen-bond acceptors (Lipinski definition) is 1. The van der Waals surface area contributed by atoms with Crippen molar-refractivity contribution >= 4 is 5.78 Å². The number of ketones is 1. The summed E-state index contributed by atoms with van der Waals surface area (Å²) >= 11 is 0. The van der Waals surface area contributed by atoms with Crippen molar-refractivity contribution in [3.8, 4) is 0 Å². The lowest BCUT2D eigenvalue weighted by Gasteiger charge is -1.97. The zero-order chi connectivity index (χ0) is 12.6. The standard InChI is InChI=1S/C17H16O/c18-17(16-11-7-3-4-8-12-16)14-13-15-9-5-1-2-6-10-15/h1-5,7-11,13-14H,6,12H2. The van der Waals surface area contributed by atoms with Crippen LogP contribution in [-0.2, 0) is 4.79 Å². The lowest BCUT2D eigenvalue weighted by atomic mass is 10.1. The minimum Gasteiger partial charge on any atom is -0.290 e. The number of rotatable bonds is 3. The van der Waals surface area contributed by atoms with E-state index in [1.165, 1.54) is 0 Å². The van der Waals surface area contributed by atoms with Crippen LogP contribution in [0.5, 0.6) is 0 Å². The molecule has 0 heterocycles. The van der Waals surface area contributed by atoms with Crippen molar-refractivity contribution in [3.05, 3.63) is 84.1 Å². The van der Waals surface area contributed by atoms with Crippen LogP contribution in [0.4, 0.5) is 0 Å². The van der Waals surface area contributed by atoms with E-state index in [4.69, 9.17) is 0 Å². The topological polar surface area (TPSA) is 17.1 Å². The van der Waals surface area contributed by atoms with Gasteiger partial charge in [0.2, 0.25) is 0 Å². The Bertz CT molecular complexity index is 520. The lowest BCUT2D eigenvalue weighted by molar-refractivity contribution is -0.111. The molecule has 90 valence electrons. The molecule has 0 radical (unpaired) electrons. The molecule has 0 aliphatic heterocycles. The first-order valence-electron chi connectivity index (χ1n) is 6.14. The molecule has 0 fully saturated rings. The molecule has 0 saturated heterocycles. The third-order valence-corrected chi connectivity index (χ3v) is 2.76. The summed E-state index contributed by atoms with van der Waals surface area (Å²) in [6.45, 7) is 0. The van der Waals surface area contributed by atoms with Crippen LogP contribution in [0.3, 0.4) is 0 Å². The van der Waals surface area contributed by atoms with Crippen molar-refractivity contribution in [2.45, 2.75) is 12.8 Å². The van der Waals surface area contributed by atoms with Crippen LogP contribution in [-0.4, -0.2) is 5.78 Å². The maximum absolute atomic E-state index is 12.0. The molecule has 0 aromatic carbocycles. The molecule has 1 heteroatoms. The smallest absolute Gasteiger partial charge is 0.182 e. The third kappa shape index (κ3) is 3.70. The van der Waals surface area contributed by atoms with Crippen LogP contribution < -0.4 is 0 Å². The molecule has 0 N–H and O–H groups in total. The van der Waals surface area contributed by atoms with Gasteiger partial charge in [0.05, 0.1) is 0 Å². The van der Waals surface area contributed by atoms with E-state index in [2.05, 4.69) is 12.2 Å². The summed E-state index contributed by atoms with van der Waals surface area (Å²) in [7, 11) is 0. The van der Waals surface area contributed by atoms with Gasteiger partial charge in [0.1, 0.15) is 0 Å². The Morgan fingerprint density at radius 1 is 1.06 bits per heavy atom. The van der Waals surface area contributed by atoms with Gasteiger partial charge in [-0.25, -0.2) is 0 Å². The fraction of sp³-hybridized carbons (Fsp3) is 0.118. The Kier molecular flexibility index (Phi) is 4.48. The average Bonchev–Trinajstić information content (AvgIpc) is 2.80. The van der Waals surface area contributed by atoms with Crippen LogP contribution in [0.15, 0.2) is 84.1 Å². The molecular formula is C17H16O. The van der Waals surface area contributed by atoms with Gasteiger partial charge >= 0.3 is 0 Å². The largest absolute Gasteiger partial charge is 0.290 e. The molecule has 18 heavy (non-hydrogen) atoms. The second-order valence-corrected chi connectivity index (χ2v) is 4.13. The monoisotopic (exact) mass is 236 g/mol. The number of carbonyl (C=O) groups is 1. The van der Waals surface area contributed by atoms with Crippen LogP contribution >= 0.6 is 0 Å². The second kappa shape index (κ2) is 6.55. The van der Waals surface area contributed by atoms with E-state index in [-0.39, 0.29) is 5.78 Å². The number of allylic oxidation sites excluding steroid dienone is 14. The van der Waals surface area contributed by atoms with E-state index >= 15 is 0 Å². The first kappa shape index (κ1) is 12.3. The molecule has 0 spiro atoms. The Labute approximate surface area is 108 Å². The van der Waals surface area contributed by atoms with Gasteiger partial charge < -0.3 is 0 Å². The quantitative estimate of drug-likeness (QED) is 0.677. The highest BCUT2D eigenvalue weighted by Gasteiger charge is 2.04. The highest BCUT2D eigenvalue weighted by atomic mass is 16.1. The predicted molar refractivity (Wildman–Crippen MR) is 76.1 cm³/mol. The summed E-state index contributed by atoms with van der Waals surface area (Å²) in [6, 6.07) is 0. The molecular weight excluding hydrogens is 220 g/mol. The summed E-state index contributed by atoms with van der Waals surface area (Å²) in [6.07, 6.45) is 25.0. The van der Waals surface area contributed by atoms with Crippen LogP contribution in [0, 0.1) is 0 Å². The molecule has 1 nitrogen and oxygen atoms in total. The number of carbonyl (C=O) groups excluding carboxylic acids is 1. The Balaban J connectivity index is 2.03. The van der Waals surface area contributed by atoms with Gasteiger partial charge in [-0.2, -0.15) is 0 Å². The second-order valence-electron chi connectivity index (χ2n) is 4.13. The van der Waals surface area contributed by atoms with E-state index in [1.807, 2.05) is 54.7 Å². The Hall–Kier alpha value is -2.15. The molecule has 0 bridgehead atoms. The van der Waals surface area contributed by atoms with Crippen molar-refractivity contribution in [1.82, 2.24) is 0 Å². The minimum atomic E-state index is 0.0812. The molecule has 0 aromatic rings. The molecule has 2 aliphatic carbocycles. The Morgan fingerprint density at radius 3 is 2.89 bits per heavy atom. The van der Waals surface area contributed by atoms with Crippen molar-refractivity contribution in [3.63, 3.8) is 0 Å². The van der Waals surface area contributed by atoms with Gasteiger partial charge in [-0.15, -0.1) is 0 Å². The first-order chi connectivity index (χ1) is 8.86. The fourth-order valence-corrected chi connectivity index (χ4v) is 1.76. The summed E-state index contributed by atoms with van der Waals surface area (Å²) in [5, 5.41) is 0. The molecule has 0 unspecified atom stereocenters. The lowest BCUT2D eigenvalue weighted by Crippen LogP contribution is -1.97. The van der Waals surface area contributed by atoms with Gasteiger partial charge in [-0.05, 0) is 24.5 Å². The summed E-state index contributed by atoms with van der Waals surface area (Å²) in [5.41, 5.74) is 1.90. The van der Waals surface area contributed by atoms with Gasteiger partial charge in [0.15, 0.2) is 5.78 Å². The van der Waals surface area contributed by atoms with Crippen molar-refractivity contribution in [2.24, 2.45) is 0 Å². The van der Waals surface area contributed by atoms with Gasteiger partial charge in [-0.3, -0.25) is 4.79 Å². The molecule has 0 saturated carbocycles. The van der Waals surface area contributed by atoms with Crippen molar-refractivity contribution in [1.29, 1.82) is 0 Å². The van der Waals surface area contributed by atoms with Gasteiger partial charge in [-0.1, -0.05) is 66.8 Å². The maximum Gasteiger partial charge on any atom is 0.182 e. The maximum atomic E-state index is 12.0. The van der Waals surface area contributed by atoms with E-state index in [1.54, 1.807) is 6.08 Å². The molecule has 2 aliphatic rings. The summed E-state index contributed by atoms with van der Waals surface area (Å²) < 4.78 is 0. The van der Waals surface area contributed by atoms with E-state index in [0.29, 0.717) is 6.42 Å². The van der Waals surface area contributed by atoms with E-state index in [0.717, 1.165) is 17.6 Å². The van der Waals surface area contributed by atoms with E-state index in [9.17, 15) is 4.79 Å². The molecule has 0 atom stereocenters. The Morgan fingerprint density at radius 2 is 1.94 bits per heavy atom. The highest BCUT2D eigenvalue weighted by Crippen LogP contribution is 2.11. The third-order valence-electron chi connectivity index (χ3n) is 2.76. The van der Waals surface area contributed by atoms with E-state index < -0.39 is 0 Å². The van der Waals surface area contributed by atoms with Crippen molar-refractivity contribution in [2.75, 3.05) is 0 Å². The fourth-order valence-electron chi connectivity index (χ4n) is 1.76. The zero-order valence-electron chi connectivity index (χ0n) is 10.3.